The molecule has 1 saturated heterocycles. The molecular weight excluding hydrogens is 364 g/mol. The molecule has 1 N–H and O–H groups in total. The average Bonchev–Trinajstić information content (AvgIpc) is 2.59. The van der Waals surface area contributed by atoms with Crippen molar-refractivity contribution in [2.75, 3.05) is 18.4 Å². The van der Waals surface area contributed by atoms with Crippen LogP contribution in [0.15, 0.2) is 53.0 Å². The van der Waals surface area contributed by atoms with Crippen LogP contribution in [0.25, 0.3) is 0 Å². The fourth-order valence-electron chi connectivity index (χ4n) is 3.18. The molecule has 0 bridgehead atoms. The highest BCUT2D eigenvalue weighted by Gasteiger charge is 2.25. The van der Waals surface area contributed by atoms with Crippen LogP contribution in [0.1, 0.15) is 24.0 Å². The molecule has 1 amide bonds. The van der Waals surface area contributed by atoms with Crippen molar-refractivity contribution in [3.05, 3.63) is 64.1 Å². The number of benzene rings is 2. The Morgan fingerprint density at radius 3 is 2.50 bits per heavy atom. The highest BCUT2D eigenvalue weighted by Crippen LogP contribution is 2.25. The maximum Gasteiger partial charge on any atom is 0.227 e. The number of nitrogens with zero attached hydrogens (tertiary/aromatic N) is 1. The van der Waals surface area contributed by atoms with Gasteiger partial charge >= 0.3 is 0 Å². The van der Waals surface area contributed by atoms with Gasteiger partial charge in [-0.15, -0.1) is 0 Å². The summed E-state index contributed by atoms with van der Waals surface area (Å²) in [6.07, 6.45) is 1.84. The Bertz CT molecular complexity index is 708. The number of nitrogens with one attached hydrogen (secondary N) is 1. The molecule has 3 rings (SSSR count). The zero-order chi connectivity index (χ0) is 16.9. The van der Waals surface area contributed by atoms with Gasteiger partial charge in [0.05, 0.1) is 5.69 Å². The Kier molecular flexibility index (Phi) is 5.69. The fourth-order valence-corrected chi connectivity index (χ4v) is 3.56. The number of halogens is 1. The average molecular weight is 387 g/mol. The molecule has 4 heteroatoms. The number of hydrogen-bond acceptors (Lipinski definition) is 2. The summed E-state index contributed by atoms with van der Waals surface area (Å²) in [5, 5.41) is 3.05. The third kappa shape index (κ3) is 4.25. The molecule has 2 aromatic rings. The van der Waals surface area contributed by atoms with Gasteiger partial charge in [-0.25, -0.2) is 0 Å². The number of carbonyl (C=O) groups excluding carboxylic acids is 1. The van der Waals surface area contributed by atoms with E-state index in [1.165, 1.54) is 11.1 Å². The van der Waals surface area contributed by atoms with Gasteiger partial charge < -0.3 is 5.32 Å². The molecule has 0 atom stereocenters. The van der Waals surface area contributed by atoms with Gasteiger partial charge in [-0.2, -0.15) is 0 Å². The first-order valence-corrected chi connectivity index (χ1v) is 9.25. The Hall–Kier alpha value is -1.65. The molecule has 1 fully saturated rings. The summed E-state index contributed by atoms with van der Waals surface area (Å²) in [6.45, 7) is 5.09. The lowest BCUT2D eigenvalue weighted by atomic mass is 9.95. The van der Waals surface area contributed by atoms with E-state index in [0.717, 1.165) is 42.6 Å². The first kappa shape index (κ1) is 17.2. The molecule has 1 aliphatic heterocycles. The van der Waals surface area contributed by atoms with E-state index in [2.05, 4.69) is 57.3 Å². The van der Waals surface area contributed by atoms with E-state index < -0.39 is 0 Å². The number of carbonyl (C=O) groups is 1. The van der Waals surface area contributed by atoms with E-state index in [0.29, 0.717) is 0 Å². The quantitative estimate of drug-likeness (QED) is 0.831. The first-order chi connectivity index (χ1) is 11.6. The van der Waals surface area contributed by atoms with E-state index in [1.807, 2.05) is 24.3 Å². The van der Waals surface area contributed by atoms with E-state index in [1.54, 1.807) is 0 Å². The molecule has 0 unspecified atom stereocenters. The number of anilines is 1. The van der Waals surface area contributed by atoms with Crippen LogP contribution in [0.5, 0.6) is 0 Å². The molecule has 1 heterocycles. The Balaban J connectivity index is 1.52. The Morgan fingerprint density at radius 1 is 1.12 bits per heavy atom. The Morgan fingerprint density at radius 2 is 1.79 bits per heavy atom. The number of aryl methyl sites for hydroxylation is 1. The summed E-state index contributed by atoms with van der Waals surface area (Å²) in [4.78, 5) is 14.9. The lowest BCUT2D eigenvalue weighted by molar-refractivity contribution is -0.121. The monoisotopic (exact) mass is 386 g/mol. The molecule has 0 saturated carbocycles. The zero-order valence-electron chi connectivity index (χ0n) is 14.0. The van der Waals surface area contributed by atoms with Gasteiger partial charge in [0.1, 0.15) is 0 Å². The minimum atomic E-state index is 0.102. The van der Waals surface area contributed by atoms with Gasteiger partial charge in [0.15, 0.2) is 0 Å². The standard InChI is InChI=1S/C20H23BrN2O/c1-15-6-2-3-7-17(15)14-23-12-10-16(11-13-23)20(24)22-19-9-5-4-8-18(19)21/h2-9,16H,10-14H2,1H3,(H,22,24). The largest absolute Gasteiger partial charge is 0.325 e. The van der Waals surface area contributed by atoms with E-state index >= 15 is 0 Å². The lowest BCUT2D eigenvalue weighted by Gasteiger charge is -2.31. The normalized spacial score (nSPS) is 16.1. The number of likely N-dealkylation sites (tertiary alicyclic amines) is 1. The molecule has 1 aliphatic rings. The maximum atomic E-state index is 12.5. The summed E-state index contributed by atoms with van der Waals surface area (Å²) in [7, 11) is 0. The van der Waals surface area contributed by atoms with Gasteiger partial charge in [-0.1, -0.05) is 36.4 Å². The number of piperidine rings is 1. The molecule has 0 aromatic heterocycles. The van der Waals surface area contributed by atoms with Gasteiger partial charge in [-0.3, -0.25) is 9.69 Å². The van der Waals surface area contributed by atoms with Gasteiger partial charge in [-0.05, 0) is 72.0 Å². The molecule has 2 aromatic carbocycles. The Labute approximate surface area is 152 Å². The molecule has 3 nitrogen and oxygen atoms in total. The topological polar surface area (TPSA) is 32.3 Å². The minimum Gasteiger partial charge on any atom is -0.325 e. The summed E-state index contributed by atoms with van der Waals surface area (Å²) in [5.74, 6) is 0.239. The highest BCUT2D eigenvalue weighted by atomic mass is 79.9. The van der Waals surface area contributed by atoms with Crippen molar-refractivity contribution < 1.29 is 4.79 Å². The van der Waals surface area contributed by atoms with Crippen molar-refractivity contribution >= 4 is 27.5 Å². The summed E-state index contributed by atoms with van der Waals surface area (Å²) in [6, 6.07) is 16.3. The van der Waals surface area contributed by atoms with Crippen LogP contribution in [0, 0.1) is 12.8 Å². The summed E-state index contributed by atoms with van der Waals surface area (Å²) < 4.78 is 0.926. The predicted molar refractivity (Wildman–Crippen MR) is 102 cm³/mol. The van der Waals surface area contributed by atoms with Crippen molar-refractivity contribution in [1.29, 1.82) is 0 Å². The van der Waals surface area contributed by atoms with E-state index in [9.17, 15) is 4.79 Å². The van der Waals surface area contributed by atoms with Crippen LogP contribution in [0.2, 0.25) is 0 Å². The SMILES string of the molecule is Cc1ccccc1CN1CCC(C(=O)Nc2ccccc2Br)CC1. The van der Waals surface area contributed by atoms with Gasteiger partial charge in [0, 0.05) is 16.9 Å². The molecule has 0 aliphatic carbocycles. The third-order valence-electron chi connectivity index (χ3n) is 4.75. The van der Waals surface area contributed by atoms with Crippen molar-refractivity contribution in [1.82, 2.24) is 4.90 Å². The van der Waals surface area contributed by atoms with Gasteiger partial charge in [0.2, 0.25) is 5.91 Å². The molecule has 0 radical (unpaired) electrons. The lowest BCUT2D eigenvalue weighted by Crippen LogP contribution is -2.37. The predicted octanol–water partition coefficient (Wildman–Crippen LogP) is 4.61. The van der Waals surface area contributed by atoms with E-state index in [-0.39, 0.29) is 11.8 Å². The van der Waals surface area contributed by atoms with Crippen molar-refractivity contribution in [2.45, 2.75) is 26.3 Å². The second-order valence-corrected chi connectivity index (χ2v) is 7.30. The van der Waals surface area contributed by atoms with Crippen molar-refractivity contribution in [2.24, 2.45) is 5.92 Å². The number of amides is 1. The number of hydrogen-bond donors (Lipinski definition) is 1. The number of para-hydroxylation sites is 1. The van der Waals surface area contributed by atoms with Crippen LogP contribution in [-0.2, 0) is 11.3 Å². The van der Waals surface area contributed by atoms with Crippen molar-refractivity contribution in [3.63, 3.8) is 0 Å². The smallest absolute Gasteiger partial charge is 0.227 e. The minimum absolute atomic E-state index is 0.102. The fraction of sp³-hybridized carbons (Fsp3) is 0.350. The molecule has 0 spiro atoms. The number of rotatable bonds is 4. The highest BCUT2D eigenvalue weighted by molar-refractivity contribution is 9.10. The zero-order valence-corrected chi connectivity index (χ0v) is 15.6. The van der Waals surface area contributed by atoms with Crippen LogP contribution < -0.4 is 5.32 Å². The van der Waals surface area contributed by atoms with Crippen LogP contribution in [0.3, 0.4) is 0 Å². The van der Waals surface area contributed by atoms with Crippen LogP contribution >= 0.6 is 15.9 Å². The van der Waals surface area contributed by atoms with Crippen molar-refractivity contribution in [3.8, 4) is 0 Å². The summed E-state index contributed by atoms with van der Waals surface area (Å²) >= 11 is 3.48. The summed E-state index contributed by atoms with van der Waals surface area (Å²) in [5.41, 5.74) is 3.57. The second-order valence-electron chi connectivity index (χ2n) is 6.45. The maximum absolute atomic E-state index is 12.5. The van der Waals surface area contributed by atoms with E-state index in [4.69, 9.17) is 0 Å². The van der Waals surface area contributed by atoms with Gasteiger partial charge in [0.25, 0.3) is 0 Å². The molecule has 126 valence electrons. The van der Waals surface area contributed by atoms with Crippen LogP contribution in [-0.4, -0.2) is 23.9 Å². The first-order valence-electron chi connectivity index (χ1n) is 8.46. The molecule has 24 heavy (non-hydrogen) atoms. The third-order valence-corrected chi connectivity index (χ3v) is 5.44. The molecular formula is C20H23BrN2O. The second kappa shape index (κ2) is 7.95. The van der Waals surface area contributed by atoms with Crippen LogP contribution in [0.4, 0.5) is 5.69 Å².